The van der Waals surface area contributed by atoms with E-state index in [1.165, 1.54) is 62.5 Å². The molecule has 0 aliphatic rings. The van der Waals surface area contributed by atoms with Gasteiger partial charge in [0.2, 0.25) is 17.7 Å². The molecule has 0 spiro atoms. The third-order valence-corrected chi connectivity index (χ3v) is 12.6. The molecule has 408 valence electrons. The predicted molar refractivity (Wildman–Crippen MR) is 283 cm³/mol. The number of carboxylic acid groups (broad SMARTS) is 1. The topological polar surface area (TPSA) is 144 Å². The van der Waals surface area contributed by atoms with Gasteiger partial charge in [0.15, 0.2) is 28.9 Å². The molecule has 78 heavy (non-hydrogen) atoms. The van der Waals surface area contributed by atoms with Crippen LogP contribution in [0.15, 0.2) is 170 Å². The van der Waals surface area contributed by atoms with Gasteiger partial charge in [-0.2, -0.15) is 26.3 Å². The average molecular weight is 1080 g/mol. The molecule has 7 aromatic carbocycles. The molecule has 0 aromatic heterocycles. The minimum absolute atomic E-state index is 0.0241. The number of aryl methyl sites for hydroxylation is 1. The second kappa shape index (κ2) is 26.8. The summed E-state index contributed by atoms with van der Waals surface area (Å²) in [6.45, 7) is 2.32. The van der Waals surface area contributed by atoms with Crippen LogP contribution in [0.4, 0.5) is 37.7 Å². The number of halogens is 6. The first kappa shape index (κ1) is 58.5. The zero-order chi connectivity index (χ0) is 56.6. The molecule has 0 aliphatic heterocycles. The van der Waals surface area contributed by atoms with Crippen LogP contribution in [0.3, 0.4) is 0 Å². The highest BCUT2D eigenvalue weighted by molar-refractivity contribution is 6.12. The lowest BCUT2D eigenvalue weighted by molar-refractivity contribution is -0.143. The van der Waals surface area contributed by atoms with E-state index < -0.39 is 59.0 Å². The van der Waals surface area contributed by atoms with Crippen molar-refractivity contribution in [3.05, 3.63) is 214 Å². The fourth-order valence-electron chi connectivity index (χ4n) is 8.32. The second-order valence-corrected chi connectivity index (χ2v) is 17.7. The number of hydrogen-bond donors (Lipinski definition) is 2. The summed E-state index contributed by atoms with van der Waals surface area (Å²) in [5.41, 5.74) is 3.24. The molecule has 2 unspecified atom stereocenters. The highest BCUT2D eigenvalue weighted by atomic mass is 19.4. The fourth-order valence-corrected chi connectivity index (χ4v) is 8.32. The van der Waals surface area contributed by atoms with Crippen LogP contribution in [-0.2, 0) is 50.9 Å². The summed E-state index contributed by atoms with van der Waals surface area (Å²) in [4.78, 5) is 56.5. The minimum atomic E-state index is -4.45. The molecular formula is C60H57F6N3O9. The van der Waals surface area contributed by atoms with Gasteiger partial charge in [0.25, 0.3) is 0 Å². The van der Waals surface area contributed by atoms with Gasteiger partial charge in [-0.15, -0.1) is 0 Å². The van der Waals surface area contributed by atoms with Crippen molar-refractivity contribution >= 4 is 35.1 Å². The molecule has 3 amide bonds. The predicted octanol–water partition coefficient (Wildman–Crippen LogP) is 11.9. The lowest BCUT2D eigenvalue weighted by atomic mass is 9.95. The first-order chi connectivity index (χ1) is 37.3. The van der Waals surface area contributed by atoms with Crippen LogP contribution < -0.4 is 34.1 Å². The Hall–Kier alpha value is -8.80. The minimum Gasteiger partial charge on any atom is -0.493 e. The Morgan fingerprint density at radius 2 is 0.859 bits per heavy atom. The highest BCUT2D eigenvalue weighted by Gasteiger charge is 2.36. The summed E-state index contributed by atoms with van der Waals surface area (Å²) < 4.78 is 99.3. The van der Waals surface area contributed by atoms with Crippen LogP contribution in [-0.4, -0.2) is 70.3 Å². The average Bonchev–Trinajstić information content (AvgIpc) is 3.50. The van der Waals surface area contributed by atoms with Crippen molar-refractivity contribution < 1.29 is 69.6 Å². The van der Waals surface area contributed by atoms with E-state index in [0.29, 0.717) is 56.6 Å². The molecule has 0 aliphatic carbocycles. The summed E-state index contributed by atoms with van der Waals surface area (Å²) >= 11 is 0. The maximum Gasteiger partial charge on any atom is 0.416 e. The Bertz CT molecular complexity index is 3100. The van der Waals surface area contributed by atoms with Crippen LogP contribution in [0.25, 0.3) is 0 Å². The lowest BCUT2D eigenvalue weighted by Gasteiger charge is -2.28. The van der Waals surface area contributed by atoms with Crippen LogP contribution in [0.5, 0.6) is 23.0 Å². The summed E-state index contributed by atoms with van der Waals surface area (Å²) in [6, 6.07) is 43.7. The van der Waals surface area contributed by atoms with Crippen molar-refractivity contribution in [3.63, 3.8) is 0 Å². The number of nitrogens with one attached hydrogen (secondary N) is 1. The molecule has 7 aromatic rings. The summed E-state index contributed by atoms with van der Waals surface area (Å²) in [6.07, 6.45) is -8.47. The molecule has 0 saturated carbocycles. The van der Waals surface area contributed by atoms with Gasteiger partial charge < -0.3 is 39.2 Å². The Balaban J connectivity index is 0.000000258. The molecule has 0 saturated heterocycles. The number of rotatable bonds is 20. The number of ether oxygens (including phenoxy) is 4. The Morgan fingerprint density at radius 1 is 0.487 bits per heavy atom. The zero-order valence-electron chi connectivity index (χ0n) is 43.2. The SMILES string of the molecule is COc1ccc(N(CCc2ccc(C(F)(F)F)cc2)C(=O)C(C(=O)NCc2ccc(C)cc2)c2ccccc2)cc1OC.COc1ccc(N(CCc2ccc(C(F)(F)F)cc2)C(=O)C(C(=O)O)c2ccccc2)cc1OC. The van der Waals surface area contributed by atoms with Crippen molar-refractivity contribution in [3.8, 4) is 23.0 Å². The number of nitrogens with zero attached hydrogens (tertiary/aromatic N) is 2. The monoisotopic (exact) mass is 1080 g/mol. The normalized spacial score (nSPS) is 11.9. The first-order valence-corrected chi connectivity index (χ1v) is 24.3. The molecule has 0 radical (unpaired) electrons. The molecule has 2 atom stereocenters. The van der Waals surface area contributed by atoms with E-state index >= 15 is 0 Å². The maximum absolute atomic E-state index is 14.3. The summed E-state index contributed by atoms with van der Waals surface area (Å²) in [5, 5.41) is 12.8. The van der Waals surface area contributed by atoms with Crippen molar-refractivity contribution in [2.45, 2.75) is 50.5 Å². The van der Waals surface area contributed by atoms with E-state index in [9.17, 15) is 50.6 Å². The number of amides is 3. The van der Waals surface area contributed by atoms with Gasteiger partial charge in [0.05, 0.1) is 39.6 Å². The van der Waals surface area contributed by atoms with Gasteiger partial charge in [-0.1, -0.05) is 115 Å². The Kier molecular flexibility index (Phi) is 20.1. The molecule has 12 nitrogen and oxygen atoms in total. The summed E-state index contributed by atoms with van der Waals surface area (Å²) in [7, 11) is 5.86. The molecular weight excluding hydrogens is 1020 g/mol. The van der Waals surface area contributed by atoms with Gasteiger partial charge in [-0.05, 0) is 96.1 Å². The zero-order valence-corrected chi connectivity index (χ0v) is 43.2. The summed E-state index contributed by atoms with van der Waals surface area (Å²) in [5.74, 6) is -4.05. The molecule has 7 rings (SSSR count). The van der Waals surface area contributed by atoms with Gasteiger partial charge in [0.1, 0.15) is 5.92 Å². The van der Waals surface area contributed by atoms with Gasteiger partial charge in [0, 0.05) is 43.1 Å². The number of alkyl halides is 6. The number of hydrogen-bond acceptors (Lipinski definition) is 8. The van der Waals surface area contributed by atoms with Crippen LogP contribution in [0, 0.1) is 6.92 Å². The van der Waals surface area contributed by atoms with Gasteiger partial charge >= 0.3 is 18.3 Å². The molecule has 0 fully saturated rings. The Labute approximate surface area is 447 Å². The first-order valence-electron chi connectivity index (χ1n) is 24.3. The van der Waals surface area contributed by atoms with E-state index in [0.717, 1.165) is 35.4 Å². The smallest absolute Gasteiger partial charge is 0.416 e. The third-order valence-electron chi connectivity index (χ3n) is 12.6. The number of benzene rings is 7. The molecule has 0 bridgehead atoms. The number of carbonyl (C=O) groups excluding carboxylic acids is 3. The standard InChI is InChI=1S/C34H33F3N2O4.C26H24F3NO5/c1-23-9-11-25(12-10-23)22-38-32(40)31(26-7-5-4-6-8-26)33(41)39(28-17-18-29(42-2)30(21-28)43-3)20-19-24-13-15-27(16-14-24)34(35,36)37;1-34-21-13-12-20(16-22(21)35-2)30(15-14-17-8-10-19(11-9-17)26(27,28)29)24(31)23(25(32)33)18-6-4-3-5-7-18/h4-18,21,31H,19-20,22H2,1-3H3,(H,38,40);3-13,16,23H,14-15H2,1-2H3,(H,32,33). The van der Waals surface area contributed by atoms with Crippen molar-refractivity contribution in [1.29, 1.82) is 0 Å². The van der Waals surface area contributed by atoms with Crippen LogP contribution in [0.2, 0.25) is 0 Å². The third kappa shape index (κ3) is 15.4. The second-order valence-electron chi connectivity index (χ2n) is 17.7. The molecule has 0 heterocycles. The van der Waals surface area contributed by atoms with Crippen molar-refractivity contribution in [2.24, 2.45) is 0 Å². The van der Waals surface area contributed by atoms with E-state index in [-0.39, 0.29) is 32.5 Å². The van der Waals surface area contributed by atoms with E-state index in [2.05, 4.69) is 5.32 Å². The lowest BCUT2D eigenvalue weighted by Crippen LogP contribution is -2.43. The van der Waals surface area contributed by atoms with Crippen molar-refractivity contribution in [1.82, 2.24) is 5.32 Å². The molecule has 2 N–H and O–H groups in total. The maximum atomic E-state index is 14.3. The van der Waals surface area contributed by atoms with Gasteiger partial charge in [-0.3, -0.25) is 19.2 Å². The van der Waals surface area contributed by atoms with Crippen molar-refractivity contribution in [2.75, 3.05) is 51.3 Å². The molecule has 18 heteroatoms. The van der Waals surface area contributed by atoms with E-state index in [1.807, 2.05) is 31.2 Å². The number of methoxy groups -OCH3 is 4. The largest absolute Gasteiger partial charge is 0.493 e. The van der Waals surface area contributed by atoms with Crippen LogP contribution in [0.1, 0.15) is 56.3 Å². The fraction of sp³-hybridized carbons (Fsp3) is 0.233. The number of carboxylic acids is 1. The van der Waals surface area contributed by atoms with E-state index in [4.69, 9.17) is 18.9 Å². The number of anilines is 2. The van der Waals surface area contributed by atoms with Crippen LogP contribution >= 0.6 is 0 Å². The number of carbonyl (C=O) groups is 4. The van der Waals surface area contributed by atoms with E-state index in [1.54, 1.807) is 97.1 Å². The highest BCUT2D eigenvalue weighted by Crippen LogP contribution is 2.36. The quantitative estimate of drug-likeness (QED) is 0.0563. The number of aliphatic carboxylic acids is 1. The Morgan fingerprint density at radius 3 is 1.23 bits per heavy atom. The van der Waals surface area contributed by atoms with Gasteiger partial charge in [-0.25, -0.2) is 0 Å².